The number of likely N-dealkylation sites (tertiary alicyclic amines) is 1. The molecule has 4 heterocycles. The van der Waals surface area contributed by atoms with Crippen LogP contribution in [0.15, 0.2) is 49.2 Å². The van der Waals surface area contributed by atoms with Crippen molar-refractivity contribution in [1.82, 2.24) is 24.3 Å². The molecule has 1 aliphatic heterocycles. The maximum atomic E-state index is 4.31. The molecule has 112 valence electrons. The van der Waals surface area contributed by atoms with Crippen LogP contribution < -0.4 is 0 Å². The molecular formula is C17H19N5. The summed E-state index contributed by atoms with van der Waals surface area (Å²) in [6, 6.07) is 6.34. The highest BCUT2D eigenvalue weighted by molar-refractivity contribution is 5.31. The Morgan fingerprint density at radius 2 is 1.91 bits per heavy atom. The topological polar surface area (TPSA) is 46.3 Å². The summed E-state index contributed by atoms with van der Waals surface area (Å²) in [5.41, 5.74) is 2.65. The lowest BCUT2D eigenvalue weighted by molar-refractivity contribution is 0.198. The van der Waals surface area contributed by atoms with Gasteiger partial charge in [-0.1, -0.05) is 0 Å². The van der Waals surface area contributed by atoms with Gasteiger partial charge < -0.3 is 0 Å². The molecule has 0 N–H and O–H groups in total. The summed E-state index contributed by atoms with van der Waals surface area (Å²) in [4.78, 5) is 15.2. The van der Waals surface area contributed by atoms with Crippen molar-refractivity contribution < 1.29 is 0 Å². The largest absolute Gasteiger partial charge is 0.298 e. The van der Waals surface area contributed by atoms with Crippen LogP contribution in [0.25, 0.3) is 5.78 Å². The standard InChI is InChI=1S/C17H19N5/c1-2-15(16-5-8-19-17-20-9-11-22(16)17)13-21(10-1)12-14-3-6-18-7-4-14/h3-9,11,15H,1-2,10,12-13H2. The molecule has 0 aromatic carbocycles. The lowest BCUT2D eigenvalue weighted by Crippen LogP contribution is -2.34. The normalized spacial score (nSPS) is 19.5. The zero-order valence-corrected chi connectivity index (χ0v) is 12.5. The minimum absolute atomic E-state index is 0.537. The molecule has 3 aromatic heterocycles. The Morgan fingerprint density at radius 3 is 2.82 bits per heavy atom. The van der Waals surface area contributed by atoms with Crippen LogP contribution in [0.2, 0.25) is 0 Å². The summed E-state index contributed by atoms with van der Waals surface area (Å²) in [6.45, 7) is 3.24. The molecular weight excluding hydrogens is 274 g/mol. The van der Waals surface area contributed by atoms with Gasteiger partial charge in [0.05, 0.1) is 0 Å². The van der Waals surface area contributed by atoms with Gasteiger partial charge >= 0.3 is 0 Å². The monoisotopic (exact) mass is 293 g/mol. The second-order valence-electron chi connectivity index (χ2n) is 5.90. The van der Waals surface area contributed by atoms with E-state index in [1.54, 1.807) is 0 Å². The van der Waals surface area contributed by atoms with Crippen molar-refractivity contribution in [2.24, 2.45) is 0 Å². The third-order valence-corrected chi connectivity index (χ3v) is 4.41. The summed E-state index contributed by atoms with van der Waals surface area (Å²) >= 11 is 0. The molecule has 0 amide bonds. The van der Waals surface area contributed by atoms with Crippen molar-refractivity contribution in [3.05, 3.63) is 60.4 Å². The van der Waals surface area contributed by atoms with E-state index in [-0.39, 0.29) is 0 Å². The summed E-state index contributed by atoms with van der Waals surface area (Å²) in [5.74, 6) is 1.33. The van der Waals surface area contributed by atoms with Crippen molar-refractivity contribution in [2.75, 3.05) is 13.1 Å². The van der Waals surface area contributed by atoms with Crippen LogP contribution in [0, 0.1) is 0 Å². The first-order chi connectivity index (χ1) is 10.9. The predicted molar refractivity (Wildman–Crippen MR) is 84.5 cm³/mol. The highest BCUT2D eigenvalue weighted by Gasteiger charge is 2.23. The number of aromatic nitrogens is 4. The predicted octanol–water partition coefficient (Wildman–Crippen LogP) is 2.50. The third kappa shape index (κ3) is 2.60. The van der Waals surface area contributed by atoms with E-state index in [2.05, 4.69) is 42.5 Å². The van der Waals surface area contributed by atoms with Crippen LogP contribution >= 0.6 is 0 Å². The first kappa shape index (κ1) is 13.4. The lowest BCUT2D eigenvalue weighted by Gasteiger charge is -2.33. The fraction of sp³-hybridized carbons (Fsp3) is 0.353. The number of piperidine rings is 1. The number of nitrogens with zero attached hydrogens (tertiary/aromatic N) is 5. The third-order valence-electron chi connectivity index (χ3n) is 4.41. The van der Waals surface area contributed by atoms with Gasteiger partial charge in [-0.15, -0.1) is 0 Å². The van der Waals surface area contributed by atoms with Crippen LogP contribution in [0.4, 0.5) is 0 Å². The summed E-state index contributed by atoms with van der Waals surface area (Å²) in [7, 11) is 0. The Balaban J connectivity index is 1.55. The SMILES string of the molecule is c1cc(CN2CCCC(c3ccnc4nccn34)C2)ccn1. The second-order valence-corrected chi connectivity index (χ2v) is 5.90. The fourth-order valence-electron chi connectivity index (χ4n) is 3.37. The molecule has 1 saturated heterocycles. The van der Waals surface area contributed by atoms with Crippen molar-refractivity contribution in [2.45, 2.75) is 25.3 Å². The number of hydrogen-bond donors (Lipinski definition) is 0. The average molecular weight is 293 g/mol. The molecule has 1 aliphatic rings. The van der Waals surface area contributed by atoms with Gasteiger partial charge in [0.1, 0.15) is 0 Å². The van der Waals surface area contributed by atoms with E-state index in [1.165, 1.54) is 24.1 Å². The zero-order valence-electron chi connectivity index (χ0n) is 12.5. The van der Waals surface area contributed by atoms with Crippen LogP contribution in [0.1, 0.15) is 30.0 Å². The molecule has 1 fully saturated rings. The van der Waals surface area contributed by atoms with E-state index in [9.17, 15) is 0 Å². The Hall–Kier alpha value is -2.27. The van der Waals surface area contributed by atoms with E-state index < -0.39 is 0 Å². The highest BCUT2D eigenvalue weighted by Crippen LogP contribution is 2.27. The summed E-state index contributed by atoms with van der Waals surface area (Å²) < 4.78 is 2.13. The van der Waals surface area contributed by atoms with Crippen molar-refractivity contribution >= 4 is 5.78 Å². The van der Waals surface area contributed by atoms with Crippen molar-refractivity contribution in [3.63, 3.8) is 0 Å². The zero-order chi connectivity index (χ0) is 14.8. The van der Waals surface area contributed by atoms with Gasteiger partial charge in [-0.25, -0.2) is 9.97 Å². The van der Waals surface area contributed by atoms with E-state index in [4.69, 9.17) is 0 Å². The van der Waals surface area contributed by atoms with E-state index in [0.717, 1.165) is 25.4 Å². The lowest BCUT2D eigenvalue weighted by atomic mass is 9.94. The fourth-order valence-corrected chi connectivity index (χ4v) is 3.37. The van der Waals surface area contributed by atoms with E-state index in [1.807, 2.05) is 31.0 Å². The number of rotatable bonds is 3. The van der Waals surface area contributed by atoms with Gasteiger partial charge in [-0.2, -0.15) is 0 Å². The smallest absolute Gasteiger partial charge is 0.233 e. The first-order valence-corrected chi connectivity index (χ1v) is 7.79. The molecule has 5 nitrogen and oxygen atoms in total. The molecule has 4 rings (SSSR count). The average Bonchev–Trinajstić information content (AvgIpc) is 3.04. The summed E-state index contributed by atoms with van der Waals surface area (Å²) in [5, 5.41) is 0. The van der Waals surface area contributed by atoms with Crippen LogP contribution in [0.5, 0.6) is 0 Å². The molecule has 1 atom stereocenters. The number of fused-ring (bicyclic) bond motifs is 1. The number of pyridine rings is 1. The van der Waals surface area contributed by atoms with Gasteiger partial charge in [0.2, 0.25) is 5.78 Å². The Kier molecular flexibility index (Phi) is 3.56. The minimum atomic E-state index is 0.537. The Bertz CT molecular complexity index is 752. The number of imidazole rings is 1. The molecule has 1 unspecified atom stereocenters. The van der Waals surface area contributed by atoms with E-state index in [0.29, 0.717) is 5.92 Å². The van der Waals surface area contributed by atoms with Gasteiger partial charge in [-0.3, -0.25) is 14.3 Å². The van der Waals surface area contributed by atoms with Crippen LogP contribution in [-0.4, -0.2) is 37.3 Å². The maximum Gasteiger partial charge on any atom is 0.233 e. The second kappa shape index (κ2) is 5.85. The van der Waals surface area contributed by atoms with E-state index >= 15 is 0 Å². The maximum absolute atomic E-state index is 4.31. The van der Waals surface area contributed by atoms with Gasteiger partial charge in [0, 0.05) is 55.7 Å². The van der Waals surface area contributed by atoms with Gasteiger partial charge in [0.15, 0.2) is 0 Å². The molecule has 3 aromatic rings. The minimum Gasteiger partial charge on any atom is -0.298 e. The Labute approximate surface area is 129 Å². The number of hydrogen-bond acceptors (Lipinski definition) is 4. The van der Waals surface area contributed by atoms with Crippen LogP contribution in [-0.2, 0) is 6.54 Å². The molecule has 0 radical (unpaired) electrons. The van der Waals surface area contributed by atoms with Gasteiger partial charge in [0.25, 0.3) is 0 Å². The molecule has 0 saturated carbocycles. The van der Waals surface area contributed by atoms with Crippen LogP contribution in [0.3, 0.4) is 0 Å². The quantitative estimate of drug-likeness (QED) is 0.744. The molecule has 0 aliphatic carbocycles. The molecule has 0 spiro atoms. The molecule has 22 heavy (non-hydrogen) atoms. The Morgan fingerprint density at radius 1 is 1.05 bits per heavy atom. The molecule has 0 bridgehead atoms. The molecule has 5 heteroatoms. The summed E-state index contributed by atoms with van der Waals surface area (Å²) in [6.07, 6.45) is 11.9. The van der Waals surface area contributed by atoms with Gasteiger partial charge in [-0.05, 0) is 43.1 Å². The van der Waals surface area contributed by atoms with Crippen molar-refractivity contribution in [3.8, 4) is 0 Å². The highest BCUT2D eigenvalue weighted by atomic mass is 15.1. The van der Waals surface area contributed by atoms with Crippen molar-refractivity contribution in [1.29, 1.82) is 0 Å². The first-order valence-electron chi connectivity index (χ1n) is 7.79.